The van der Waals surface area contributed by atoms with E-state index >= 15 is 0 Å². The number of anilines is 2. The van der Waals surface area contributed by atoms with Crippen molar-refractivity contribution in [2.75, 3.05) is 25.0 Å². The van der Waals surface area contributed by atoms with Gasteiger partial charge in [-0.25, -0.2) is 4.98 Å². The highest BCUT2D eigenvalue weighted by atomic mass is 16.3. The van der Waals surface area contributed by atoms with Crippen molar-refractivity contribution in [1.82, 2.24) is 24.6 Å². The van der Waals surface area contributed by atoms with Gasteiger partial charge >= 0.3 is 0 Å². The fourth-order valence-corrected chi connectivity index (χ4v) is 5.34. The molecule has 3 aromatic heterocycles. The molecule has 188 valence electrons. The lowest BCUT2D eigenvalue weighted by Gasteiger charge is -2.22. The van der Waals surface area contributed by atoms with Crippen molar-refractivity contribution in [1.29, 1.82) is 0 Å². The summed E-state index contributed by atoms with van der Waals surface area (Å²) in [5.41, 5.74) is 5.22. The normalized spacial score (nSPS) is 16.0. The maximum atomic E-state index is 12.7. The minimum atomic E-state index is -0.0396. The van der Waals surface area contributed by atoms with Gasteiger partial charge in [0.25, 0.3) is 5.91 Å². The number of nitrogens with one attached hydrogen (secondary N) is 3. The van der Waals surface area contributed by atoms with E-state index < -0.39 is 0 Å². The van der Waals surface area contributed by atoms with Gasteiger partial charge in [-0.1, -0.05) is 13.0 Å². The van der Waals surface area contributed by atoms with Gasteiger partial charge in [-0.2, -0.15) is 0 Å². The lowest BCUT2D eigenvalue weighted by Crippen LogP contribution is -2.40. The molecule has 0 aliphatic carbocycles. The molecule has 0 saturated carbocycles. The topological polar surface area (TPSA) is 97.7 Å². The highest BCUT2D eigenvalue weighted by molar-refractivity contribution is 5.95. The Morgan fingerprint density at radius 3 is 2.86 bits per heavy atom. The third-order valence-corrected chi connectivity index (χ3v) is 7.35. The van der Waals surface area contributed by atoms with E-state index in [-0.39, 0.29) is 11.8 Å². The molecule has 1 atom stereocenters. The number of imidazole rings is 1. The summed E-state index contributed by atoms with van der Waals surface area (Å²) in [6.07, 6.45) is 7.86. The summed E-state index contributed by atoms with van der Waals surface area (Å²) in [5, 5.41) is 18.2. The number of nitrogens with zero attached hydrogens (tertiary/aromatic N) is 3. The van der Waals surface area contributed by atoms with E-state index in [4.69, 9.17) is 0 Å². The summed E-state index contributed by atoms with van der Waals surface area (Å²) >= 11 is 0. The Morgan fingerprint density at radius 2 is 2.03 bits per heavy atom. The van der Waals surface area contributed by atoms with Crippen LogP contribution in [0.25, 0.3) is 27.7 Å². The van der Waals surface area contributed by atoms with E-state index in [9.17, 15) is 9.90 Å². The second kappa shape index (κ2) is 9.63. The molecule has 0 spiro atoms. The van der Waals surface area contributed by atoms with Gasteiger partial charge in [0.05, 0.1) is 11.4 Å². The van der Waals surface area contributed by atoms with Crippen LogP contribution in [-0.4, -0.2) is 56.0 Å². The molecule has 1 saturated heterocycles. The van der Waals surface area contributed by atoms with Crippen LogP contribution in [0, 0.1) is 0 Å². The van der Waals surface area contributed by atoms with Crippen LogP contribution < -0.4 is 10.6 Å². The zero-order valence-electron chi connectivity index (χ0n) is 20.7. The summed E-state index contributed by atoms with van der Waals surface area (Å²) in [7, 11) is 0. The van der Waals surface area contributed by atoms with E-state index in [1.54, 1.807) is 12.4 Å². The second-order valence-corrected chi connectivity index (χ2v) is 9.53. The number of aromatic amines is 1. The summed E-state index contributed by atoms with van der Waals surface area (Å²) in [6, 6.07) is 18.0. The number of rotatable bonds is 7. The Bertz CT molecular complexity index is 1570. The molecular formula is C29H30N6O2. The van der Waals surface area contributed by atoms with Crippen molar-refractivity contribution in [2.45, 2.75) is 25.8 Å². The van der Waals surface area contributed by atoms with E-state index in [2.05, 4.69) is 38.5 Å². The molecule has 6 rings (SSSR count). The first-order chi connectivity index (χ1) is 18.1. The Morgan fingerprint density at radius 1 is 1.16 bits per heavy atom. The highest BCUT2D eigenvalue weighted by Gasteiger charge is 2.23. The number of fused-ring (bicyclic) bond motifs is 2. The van der Waals surface area contributed by atoms with Crippen molar-refractivity contribution >= 4 is 33.7 Å². The van der Waals surface area contributed by atoms with Crippen LogP contribution in [0.4, 0.5) is 11.4 Å². The third-order valence-electron chi connectivity index (χ3n) is 7.35. The maximum absolute atomic E-state index is 12.7. The van der Waals surface area contributed by atoms with Crippen LogP contribution in [0.1, 0.15) is 30.1 Å². The van der Waals surface area contributed by atoms with Crippen LogP contribution in [0.3, 0.4) is 0 Å². The Labute approximate surface area is 215 Å². The third kappa shape index (κ3) is 4.40. The molecule has 2 aromatic carbocycles. The Kier molecular flexibility index (Phi) is 6.02. The lowest BCUT2D eigenvalue weighted by atomic mass is 10.1. The molecule has 8 nitrogen and oxygen atoms in total. The molecule has 1 fully saturated rings. The molecule has 37 heavy (non-hydrogen) atoms. The van der Waals surface area contributed by atoms with E-state index in [1.807, 2.05) is 59.1 Å². The monoisotopic (exact) mass is 494 g/mol. The first-order valence-corrected chi connectivity index (χ1v) is 12.8. The molecule has 8 heteroatoms. The number of hydrogen-bond acceptors (Lipinski definition) is 5. The van der Waals surface area contributed by atoms with Crippen LogP contribution in [0.15, 0.2) is 73.2 Å². The standard InChI is InChI=1S/C29H30N6O2/c1-2-34-14-3-4-23(34)18-32-28(36)19-5-8-22(9-6-19)33-25-11-12-26(35-15-13-30-27(25)35)20-7-10-24-21(16-20)17-31-29(24)37/h5-13,15-17,23,31,33,37H,2-4,14,18H2,1H3,(H,32,36). The predicted octanol–water partition coefficient (Wildman–Crippen LogP) is 5.15. The second-order valence-electron chi connectivity index (χ2n) is 9.53. The number of carbonyl (C=O) groups is 1. The van der Waals surface area contributed by atoms with Crippen molar-refractivity contribution in [3.8, 4) is 17.1 Å². The fourth-order valence-electron chi connectivity index (χ4n) is 5.34. The zero-order chi connectivity index (χ0) is 25.4. The van der Waals surface area contributed by atoms with Gasteiger partial charge in [0, 0.05) is 53.2 Å². The summed E-state index contributed by atoms with van der Waals surface area (Å²) in [6.45, 7) is 5.01. The Hall–Kier alpha value is -4.30. The van der Waals surface area contributed by atoms with Crippen molar-refractivity contribution < 1.29 is 9.90 Å². The molecule has 0 bridgehead atoms. The molecule has 1 unspecified atom stereocenters. The van der Waals surface area contributed by atoms with Crippen LogP contribution in [0.5, 0.6) is 5.88 Å². The maximum Gasteiger partial charge on any atom is 0.251 e. The number of aromatic nitrogens is 3. The largest absolute Gasteiger partial charge is 0.494 e. The van der Waals surface area contributed by atoms with Gasteiger partial charge < -0.3 is 20.7 Å². The summed E-state index contributed by atoms with van der Waals surface area (Å²) in [5.74, 6) is 0.136. The first kappa shape index (κ1) is 23.1. The number of benzene rings is 2. The number of carbonyl (C=O) groups excluding carboxylic acids is 1. The van der Waals surface area contributed by atoms with Gasteiger partial charge in [0.1, 0.15) is 0 Å². The smallest absolute Gasteiger partial charge is 0.251 e. The van der Waals surface area contributed by atoms with Crippen molar-refractivity contribution in [3.63, 3.8) is 0 Å². The highest BCUT2D eigenvalue weighted by Crippen LogP contribution is 2.31. The van der Waals surface area contributed by atoms with E-state index in [1.165, 1.54) is 6.42 Å². The van der Waals surface area contributed by atoms with Gasteiger partial charge in [-0.3, -0.25) is 14.1 Å². The number of aromatic hydroxyl groups is 1. The van der Waals surface area contributed by atoms with E-state index in [0.717, 1.165) is 58.6 Å². The number of likely N-dealkylation sites (N-methyl/N-ethyl adjacent to an activating group) is 1. The first-order valence-electron chi connectivity index (χ1n) is 12.8. The minimum Gasteiger partial charge on any atom is -0.494 e. The molecule has 1 amide bonds. The molecule has 4 N–H and O–H groups in total. The number of likely N-dealkylation sites (tertiary alicyclic amines) is 1. The SMILES string of the molecule is CCN1CCCC1CNC(=O)c1ccc(Nc2ccc(-c3ccc4c(O)[nH]cc4c3)n3ccnc23)cc1. The zero-order valence-corrected chi connectivity index (χ0v) is 20.7. The molecule has 1 aliphatic heterocycles. The quantitative estimate of drug-likeness (QED) is 0.251. The van der Waals surface area contributed by atoms with Crippen molar-refractivity contribution in [2.24, 2.45) is 0 Å². The summed E-state index contributed by atoms with van der Waals surface area (Å²) in [4.78, 5) is 22.5. The van der Waals surface area contributed by atoms with Gasteiger partial charge in [0.2, 0.25) is 0 Å². The number of pyridine rings is 1. The van der Waals surface area contributed by atoms with Gasteiger partial charge in [0.15, 0.2) is 11.5 Å². The Balaban J connectivity index is 1.18. The van der Waals surface area contributed by atoms with Crippen LogP contribution in [-0.2, 0) is 0 Å². The molecule has 5 aromatic rings. The average Bonchev–Trinajstić information content (AvgIpc) is 3.68. The number of hydrogen-bond donors (Lipinski definition) is 4. The minimum absolute atomic E-state index is 0.0396. The molecular weight excluding hydrogens is 464 g/mol. The molecule has 1 aliphatic rings. The summed E-state index contributed by atoms with van der Waals surface area (Å²) < 4.78 is 2.04. The predicted molar refractivity (Wildman–Crippen MR) is 146 cm³/mol. The van der Waals surface area contributed by atoms with Crippen LogP contribution >= 0.6 is 0 Å². The van der Waals surface area contributed by atoms with Crippen LogP contribution in [0.2, 0.25) is 0 Å². The number of H-pyrrole nitrogens is 1. The number of amides is 1. The lowest BCUT2D eigenvalue weighted by molar-refractivity contribution is 0.0941. The van der Waals surface area contributed by atoms with E-state index in [0.29, 0.717) is 18.2 Å². The average molecular weight is 495 g/mol. The van der Waals surface area contributed by atoms with Gasteiger partial charge in [-0.05, 0) is 80.0 Å². The fraction of sp³-hybridized carbons (Fsp3) is 0.241. The van der Waals surface area contributed by atoms with Gasteiger partial charge in [-0.15, -0.1) is 0 Å². The molecule has 0 radical (unpaired) electrons. The molecule has 4 heterocycles. The van der Waals surface area contributed by atoms with Crippen molar-refractivity contribution in [3.05, 3.63) is 78.8 Å².